The predicted octanol–water partition coefficient (Wildman–Crippen LogP) is 4.42. The Morgan fingerprint density at radius 1 is 1.27 bits per heavy atom. The second-order valence-corrected chi connectivity index (χ2v) is 12.1. The molecule has 0 N–H and O–H groups in total. The molecule has 0 saturated carbocycles. The number of ether oxygens (including phenoxy) is 1. The highest BCUT2D eigenvalue weighted by molar-refractivity contribution is 6.74. The molecule has 1 fully saturated rings. The summed E-state index contributed by atoms with van der Waals surface area (Å²) in [5, 5.41) is 0.202. The molecule has 0 bridgehead atoms. The van der Waals surface area contributed by atoms with Gasteiger partial charge in [-0.1, -0.05) is 39.0 Å². The number of amides is 1. The van der Waals surface area contributed by atoms with Crippen LogP contribution in [0.3, 0.4) is 0 Å². The number of anilines is 1. The smallest absolute Gasteiger partial charge is 0.414 e. The molecular weight excluding hydrogens is 294 g/mol. The number of benzene rings is 1. The largest absolute Gasteiger partial charge is 0.447 e. The normalized spacial score (nSPS) is 19.4. The average Bonchev–Trinajstić information content (AvgIpc) is 2.79. The summed E-state index contributed by atoms with van der Waals surface area (Å²) in [6, 6.07) is 9.75. The van der Waals surface area contributed by atoms with E-state index in [1.165, 1.54) is 0 Å². The lowest BCUT2D eigenvalue weighted by Crippen LogP contribution is -2.42. The highest BCUT2D eigenvalue weighted by Gasteiger charge is 2.38. The zero-order valence-corrected chi connectivity index (χ0v) is 15.3. The maximum absolute atomic E-state index is 12.0. The van der Waals surface area contributed by atoms with Crippen LogP contribution in [0, 0.1) is 0 Å². The number of carbonyl (C=O) groups excluding carboxylic acids is 1. The molecule has 1 aromatic carbocycles. The van der Waals surface area contributed by atoms with E-state index in [-0.39, 0.29) is 17.2 Å². The van der Waals surface area contributed by atoms with Crippen molar-refractivity contribution in [3.8, 4) is 0 Å². The highest BCUT2D eigenvalue weighted by Crippen LogP contribution is 2.36. The van der Waals surface area contributed by atoms with E-state index in [0.29, 0.717) is 13.2 Å². The molecule has 22 heavy (non-hydrogen) atoms. The number of hydrogen-bond donors (Lipinski definition) is 0. The van der Waals surface area contributed by atoms with Gasteiger partial charge in [-0.25, -0.2) is 4.79 Å². The van der Waals surface area contributed by atoms with E-state index in [2.05, 4.69) is 33.9 Å². The lowest BCUT2D eigenvalue weighted by atomic mass is 10.2. The quantitative estimate of drug-likeness (QED) is 0.753. The standard InChI is InChI=1S/C17H27NO3Si/c1-17(2,3)22(4,5)21-12-11-15-13-20-16(19)18(15)14-9-7-6-8-10-14/h6-10,15H,11-13H2,1-5H3. The van der Waals surface area contributed by atoms with E-state index in [4.69, 9.17) is 9.16 Å². The van der Waals surface area contributed by atoms with Crippen molar-refractivity contribution in [3.05, 3.63) is 30.3 Å². The fourth-order valence-corrected chi connectivity index (χ4v) is 3.31. The van der Waals surface area contributed by atoms with Gasteiger partial charge in [0.1, 0.15) is 6.61 Å². The van der Waals surface area contributed by atoms with E-state index in [0.717, 1.165) is 12.1 Å². The first-order valence-electron chi connectivity index (χ1n) is 7.87. The van der Waals surface area contributed by atoms with Crippen molar-refractivity contribution in [1.29, 1.82) is 0 Å². The third-order valence-corrected chi connectivity index (χ3v) is 9.25. The Balaban J connectivity index is 1.97. The van der Waals surface area contributed by atoms with Crippen LogP contribution in [0.15, 0.2) is 30.3 Å². The van der Waals surface area contributed by atoms with Crippen LogP contribution in [0.2, 0.25) is 18.1 Å². The third kappa shape index (κ3) is 3.70. The average molecular weight is 321 g/mol. The molecule has 4 nitrogen and oxygen atoms in total. The minimum absolute atomic E-state index is 0.0552. The fourth-order valence-electron chi connectivity index (χ4n) is 2.24. The SMILES string of the molecule is CC(C)(C)[Si](C)(C)OCCC1COC(=O)N1c1ccccc1. The Morgan fingerprint density at radius 2 is 1.91 bits per heavy atom. The van der Waals surface area contributed by atoms with E-state index in [1.54, 1.807) is 4.90 Å². The summed E-state index contributed by atoms with van der Waals surface area (Å²) in [5.41, 5.74) is 0.891. The molecular formula is C17H27NO3Si. The molecule has 1 unspecified atom stereocenters. The zero-order chi connectivity index (χ0) is 16.4. The van der Waals surface area contributed by atoms with Gasteiger partial charge in [0.15, 0.2) is 8.32 Å². The van der Waals surface area contributed by atoms with Gasteiger partial charge < -0.3 is 9.16 Å². The van der Waals surface area contributed by atoms with Gasteiger partial charge in [-0.2, -0.15) is 0 Å². The van der Waals surface area contributed by atoms with Crippen LogP contribution in [0.1, 0.15) is 27.2 Å². The Bertz CT molecular complexity index is 510. The number of carbonyl (C=O) groups is 1. The van der Waals surface area contributed by atoms with E-state index in [1.807, 2.05) is 30.3 Å². The van der Waals surface area contributed by atoms with Gasteiger partial charge in [-0.15, -0.1) is 0 Å². The van der Waals surface area contributed by atoms with E-state index >= 15 is 0 Å². The second kappa shape index (κ2) is 6.42. The van der Waals surface area contributed by atoms with E-state index < -0.39 is 8.32 Å². The third-order valence-electron chi connectivity index (χ3n) is 4.72. The van der Waals surface area contributed by atoms with Crippen LogP contribution in [0.4, 0.5) is 10.5 Å². The molecule has 122 valence electrons. The van der Waals surface area contributed by atoms with Crippen molar-refractivity contribution in [2.24, 2.45) is 0 Å². The summed E-state index contributed by atoms with van der Waals surface area (Å²) >= 11 is 0. The van der Waals surface area contributed by atoms with Crippen molar-refractivity contribution < 1.29 is 14.0 Å². The first kappa shape index (κ1) is 17.0. The van der Waals surface area contributed by atoms with E-state index in [9.17, 15) is 4.79 Å². The number of para-hydroxylation sites is 1. The second-order valence-electron chi connectivity index (χ2n) is 7.33. The number of rotatable bonds is 5. The molecule has 0 aliphatic carbocycles. The lowest BCUT2D eigenvalue weighted by Gasteiger charge is -2.36. The van der Waals surface area contributed by atoms with Gasteiger partial charge in [0.2, 0.25) is 0 Å². The first-order chi connectivity index (χ1) is 10.2. The van der Waals surface area contributed by atoms with Crippen LogP contribution in [0.5, 0.6) is 0 Å². The Labute approximate surface area is 134 Å². The molecule has 1 saturated heterocycles. The van der Waals surface area contributed by atoms with Gasteiger partial charge in [0.05, 0.1) is 6.04 Å². The minimum atomic E-state index is -1.74. The van der Waals surface area contributed by atoms with Gasteiger partial charge in [-0.05, 0) is 36.7 Å². The Kier molecular flexibility index (Phi) is 4.97. The Hall–Kier alpha value is -1.33. The molecule has 0 spiro atoms. The molecule has 1 aliphatic rings. The van der Waals surface area contributed by atoms with Crippen molar-refractivity contribution in [2.45, 2.75) is 51.4 Å². The predicted molar refractivity (Wildman–Crippen MR) is 91.8 cm³/mol. The van der Waals surface area contributed by atoms with Gasteiger partial charge in [0.25, 0.3) is 0 Å². The summed E-state index contributed by atoms with van der Waals surface area (Å²) < 4.78 is 11.4. The van der Waals surface area contributed by atoms with Crippen LogP contribution < -0.4 is 4.90 Å². The molecule has 2 rings (SSSR count). The maximum atomic E-state index is 12.0. The van der Waals surface area contributed by atoms with Crippen molar-refractivity contribution in [1.82, 2.24) is 0 Å². The van der Waals surface area contributed by atoms with Crippen LogP contribution in [-0.2, 0) is 9.16 Å². The number of cyclic esters (lactones) is 1. The molecule has 1 amide bonds. The van der Waals surface area contributed by atoms with Crippen LogP contribution >= 0.6 is 0 Å². The van der Waals surface area contributed by atoms with Gasteiger partial charge in [0, 0.05) is 12.3 Å². The number of hydrogen-bond acceptors (Lipinski definition) is 3. The molecule has 5 heteroatoms. The van der Waals surface area contributed by atoms with Crippen molar-refractivity contribution >= 4 is 20.1 Å². The summed E-state index contributed by atoms with van der Waals surface area (Å²) in [4.78, 5) is 13.7. The maximum Gasteiger partial charge on any atom is 0.414 e. The molecule has 1 aromatic rings. The van der Waals surface area contributed by atoms with Crippen LogP contribution in [-0.4, -0.2) is 33.7 Å². The lowest BCUT2D eigenvalue weighted by molar-refractivity contribution is 0.177. The number of nitrogens with zero attached hydrogens (tertiary/aromatic N) is 1. The molecule has 0 aromatic heterocycles. The topological polar surface area (TPSA) is 38.8 Å². The fraction of sp³-hybridized carbons (Fsp3) is 0.588. The molecule has 1 heterocycles. The molecule has 1 atom stereocenters. The van der Waals surface area contributed by atoms with Crippen molar-refractivity contribution in [2.75, 3.05) is 18.1 Å². The van der Waals surface area contributed by atoms with Gasteiger partial charge >= 0.3 is 6.09 Å². The summed E-state index contributed by atoms with van der Waals surface area (Å²) in [7, 11) is -1.74. The van der Waals surface area contributed by atoms with Crippen LogP contribution in [0.25, 0.3) is 0 Å². The summed E-state index contributed by atoms with van der Waals surface area (Å²) in [5.74, 6) is 0. The summed E-state index contributed by atoms with van der Waals surface area (Å²) in [6.45, 7) is 12.3. The van der Waals surface area contributed by atoms with Crippen molar-refractivity contribution in [3.63, 3.8) is 0 Å². The first-order valence-corrected chi connectivity index (χ1v) is 10.8. The Morgan fingerprint density at radius 3 is 2.50 bits per heavy atom. The minimum Gasteiger partial charge on any atom is -0.447 e. The highest BCUT2D eigenvalue weighted by atomic mass is 28.4. The monoisotopic (exact) mass is 321 g/mol. The molecule has 1 aliphatic heterocycles. The molecule has 0 radical (unpaired) electrons. The zero-order valence-electron chi connectivity index (χ0n) is 14.3. The van der Waals surface area contributed by atoms with Gasteiger partial charge in [-0.3, -0.25) is 4.90 Å². The summed E-state index contributed by atoms with van der Waals surface area (Å²) in [6.07, 6.45) is 0.538.